The van der Waals surface area contributed by atoms with Crippen LogP contribution in [0.2, 0.25) is 0 Å². The summed E-state index contributed by atoms with van der Waals surface area (Å²) in [5.41, 5.74) is 1.89. The van der Waals surface area contributed by atoms with Gasteiger partial charge in [0, 0.05) is 24.4 Å². The van der Waals surface area contributed by atoms with Crippen molar-refractivity contribution in [2.45, 2.75) is 32.1 Å². The van der Waals surface area contributed by atoms with Crippen LogP contribution in [0.5, 0.6) is 0 Å². The zero-order valence-corrected chi connectivity index (χ0v) is 16.3. The first-order valence-electron chi connectivity index (χ1n) is 9.45. The number of anilines is 1. The average Bonchev–Trinajstić information content (AvgIpc) is 3.24. The number of imide groups is 1. The van der Waals surface area contributed by atoms with Gasteiger partial charge in [0.1, 0.15) is 0 Å². The van der Waals surface area contributed by atoms with Gasteiger partial charge in [-0.2, -0.15) is 0 Å². The molecule has 4 rings (SSSR count). The predicted octanol–water partition coefficient (Wildman–Crippen LogP) is 3.23. The molecule has 0 fully saturated rings. The van der Waals surface area contributed by atoms with Crippen LogP contribution in [0.15, 0.2) is 36.9 Å². The number of aromatic nitrogens is 1. The van der Waals surface area contributed by atoms with Crippen LogP contribution in [0.3, 0.4) is 0 Å². The second-order valence-electron chi connectivity index (χ2n) is 6.92. The van der Waals surface area contributed by atoms with Crippen LogP contribution in [0.25, 0.3) is 0 Å². The molecule has 0 bridgehead atoms. The van der Waals surface area contributed by atoms with E-state index in [2.05, 4.69) is 11.6 Å². The Labute approximate surface area is 167 Å². The number of benzene rings is 1. The highest BCUT2D eigenvalue weighted by Crippen LogP contribution is 2.32. The molecule has 0 saturated carbocycles. The minimum atomic E-state index is -0.339. The lowest BCUT2D eigenvalue weighted by atomic mass is 10.0. The third-order valence-corrected chi connectivity index (χ3v) is 6.29. The number of hydrogen-bond donors (Lipinski definition) is 0. The number of rotatable bonds is 6. The summed E-state index contributed by atoms with van der Waals surface area (Å²) in [5, 5.41) is 0.680. The van der Waals surface area contributed by atoms with E-state index in [-0.39, 0.29) is 30.7 Å². The lowest BCUT2D eigenvalue weighted by Gasteiger charge is -2.20. The summed E-state index contributed by atoms with van der Waals surface area (Å²) in [7, 11) is 0. The monoisotopic (exact) mass is 395 g/mol. The standard InChI is InChI=1S/C21H21N3O3S/c1-2-12-23(21-22-16-9-5-6-10-17(16)28-21)18(25)11-13-24-19(26)14-7-3-4-8-15(14)20(24)27/h2-4,7-8H,1,5-6,9-13H2. The maximum atomic E-state index is 12.9. The molecule has 28 heavy (non-hydrogen) atoms. The quantitative estimate of drug-likeness (QED) is 0.556. The van der Waals surface area contributed by atoms with E-state index in [1.165, 1.54) is 4.88 Å². The van der Waals surface area contributed by atoms with E-state index >= 15 is 0 Å². The highest BCUT2D eigenvalue weighted by Gasteiger charge is 2.35. The number of aryl methyl sites for hydroxylation is 2. The maximum Gasteiger partial charge on any atom is 0.261 e. The first kappa shape index (κ1) is 18.6. The Balaban J connectivity index is 1.47. The van der Waals surface area contributed by atoms with Gasteiger partial charge in [-0.05, 0) is 37.8 Å². The smallest absolute Gasteiger partial charge is 0.261 e. The predicted molar refractivity (Wildman–Crippen MR) is 108 cm³/mol. The lowest BCUT2D eigenvalue weighted by Crippen LogP contribution is -2.37. The van der Waals surface area contributed by atoms with E-state index in [9.17, 15) is 14.4 Å². The van der Waals surface area contributed by atoms with E-state index in [0.29, 0.717) is 22.8 Å². The highest BCUT2D eigenvalue weighted by molar-refractivity contribution is 7.16. The molecule has 0 atom stereocenters. The summed E-state index contributed by atoms with van der Waals surface area (Å²) in [6.45, 7) is 4.16. The van der Waals surface area contributed by atoms with Crippen LogP contribution < -0.4 is 4.90 Å². The minimum Gasteiger partial charge on any atom is -0.284 e. The van der Waals surface area contributed by atoms with Crippen molar-refractivity contribution in [3.8, 4) is 0 Å². The highest BCUT2D eigenvalue weighted by atomic mass is 32.1. The SMILES string of the molecule is C=CCN(C(=O)CCN1C(=O)c2ccccc2C1=O)c1nc2c(s1)CCCC2. The number of nitrogens with zero attached hydrogens (tertiary/aromatic N) is 3. The molecule has 144 valence electrons. The molecule has 0 unspecified atom stereocenters. The Morgan fingerprint density at radius 3 is 2.50 bits per heavy atom. The normalized spacial score (nSPS) is 15.4. The van der Waals surface area contributed by atoms with Crippen molar-refractivity contribution >= 4 is 34.2 Å². The van der Waals surface area contributed by atoms with Gasteiger partial charge in [0.2, 0.25) is 5.91 Å². The van der Waals surface area contributed by atoms with Gasteiger partial charge in [-0.15, -0.1) is 17.9 Å². The molecule has 3 amide bonds. The average molecular weight is 395 g/mol. The number of fused-ring (bicyclic) bond motifs is 2. The molecule has 0 radical (unpaired) electrons. The summed E-state index contributed by atoms with van der Waals surface area (Å²) >= 11 is 1.56. The molecule has 2 aromatic rings. The zero-order chi connectivity index (χ0) is 19.7. The summed E-state index contributed by atoms with van der Waals surface area (Å²) in [6.07, 6.45) is 5.98. The fraction of sp³-hybridized carbons (Fsp3) is 0.333. The Hall–Kier alpha value is -2.80. The fourth-order valence-corrected chi connectivity index (χ4v) is 4.83. The molecule has 1 aliphatic carbocycles. The van der Waals surface area contributed by atoms with E-state index < -0.39 is 0 Å². The Bertz CT molecular complexity index is 907. The van der Waals surface area contributed by atoms with Crippen molar-refractivity contribution in [3.05, 3.63) is 58.6 Å². The van der Waals surface area contributed by atoms with Gasteiger partial charge in [-0.3, -0.25) is 24.2 Å². The number of thiazole rings is 1. The third kappa shape index (κ3) is 3.26. The summed E-state index contributed by atoms with van der Waals surface area (Å²) in [6, 6.07) is 6.74. The van der Waals surface area contributed by atoms with Crippen LogP contribution in [-0.4, -0.2) is 40.7 Å². The van der Waals surface area contributed by atoms with E-state index in [4.69, 9.17) is 0 Å². The number of amides is 3. The minimum absolute atomic E-state index is 0.0591. The summed E-state index contributed by atoms with van der Waals surface area (Å²) < 4.78 is 0. The molecule has 1 aromatic carbocycles. The molecule has 7 heteroatoms. The first-order chi connectivity index (χ1) is 13.6. The van der Waals surface area contributed by atoms with Crippen molar-refractivity contribution in [1.29, 1.82) is 0 Å². The van der Waals surface area contributed by atoms with Gasteiger partial charge >= 0.3 is 0 Å². The maximum absolute atomic E-state index is 12.9. The van der Waals surface area contributed by atoms with E-state index in [0.717, 1.165) is 36.3 Å². The van der Waals surface area contributed by atoms with Crippen LogP contribution in [0.4, 0.5) is 5.13 Å². The van der Waals surface area contributed by atoms with Crippen LogP contribution in [-0.2, 0) is 17.6 Å². The van der Waals surface area contributed by atoms with Gasteiger partial charge in [0.05, 0.1) is 16.8 Å². The Morgan fingerprint density at radius 2 is 1.86 bits per heavy atom. The second kappa shape index (κ2) is 7.67. The molecule has 1 aromatic heterocycles. The van der Waals surface area contributed by atoms with Gasteiger partial charge in [-0.1, -0.05) is 18.2 Å². The molecular formula is C21H21N3O3S. The first-order valence-corrected chi connectivity index (χ1v) is 10.3. The molecule has 0 spiro atoms. The van der Waals surface area contributed by atoms with E-state index in [1.807, 2.05) is 0 Å². The molecule has 0 N–H and O–H groups in total. The molecule has 1 aliphatic heterocycles. The van der Waals surface area contributed by atoms with Crippen molar-refractivity contribution in [2.75, 3.05) is 18.0 Å². The molecule has 6 nitrogen and oxygen atoms in total. The van der Waals surface area contributed by atoms with Crippen molar-refractivity contribution in [3.63, 3.8) is 0 Å². The molecular weight excluding hydrogens is 374 g/mol. The zero-order valence-electron chi connectivity index (χ0n) is 15.5. The molecule has 2 aliphatic rings. The Kier molecular flexibility index (Phi) is 5.09. The van der Waals surface area contributed by atoms with Crippen molar-refractivity contribution in [1.82, 2.24) is 9.88 Å². The number of hydrogen-bond acceptors (Lipinski definition) is 5. The number of carbonyl (C=O) groups is 3. The topological polar surface area (TPSA) is 70.6 Å². The van der Waals surface area contributed by atoms with Crippen LogP contribution >= 0.6 is 11.3 Å². The summed E-state index contributed by atoms with van der Waals surface area (Å²) in [4.78, 5) is 46.5. The van der Waals surface area contributed by atoms with Crippen molar-refractivity contribution in [2.24, 2.45) is 0 Å². The van der Waals surface area contributed by atoms with Gasteiger partial charge < -0.3 is 0 Å². The van der Waals surface area contributed by atoms with Gasteiger partial charge in [0.25, 0.3) is 11.8 Å². The molecule has 0 saturated heterocycles. The van der Waals surface area contributed by atoms with Gasteiger partial charge in [0.15, 0.2) is 5.13 Å². The van der Waals surface area contributed by atoms with E-state index in [1.54, 1.807) is 46.6 Å². The lowest BCUT2D eigenvalue weighted by molar-refractivity contribution is -0.118. The van der Waals surface area contributed by atoms with Gasteiger partial charge in [-0.25, -0.2) is 4.98 Å². The fourth-order valence-electron chi connectivity index (χ4n) is 3.65. The van der Waals surface area contributed by atoms with Crippen molar-refractivity contribution < 1.29 is 14.4 Å². The number of carbonyl (C=O) groups excluding carboxylic acids is 3. The second-order valence-corrected chi connectivity index (χ2v) is 7.99. The largest absolute Gasteiger partial charge is 0.284 e. The summed E-state index contributed by atoms with van der Waals surface area (Å²) in [5.74, 6) is -0.843. The molecule has 2 heterocycles. The van der Waals surface area contributed by atoms with Crippen LogP contribution in [0.1, 0.15) is 50.5 Å². The Morgan fingerprint density at radius 1 is 1.18 bits per heavy atom. The van der Waals surface area contributed by atoms with Crippen LogP contribution in [0, 0.1) is 0 Å². The third-order valence-electron chi connectivity index (χ3n) is 5.11.